The van der Waals surface area contributed by atoms with Gasteiger partial charge in [-0.25, -0.2) is 4.39 Å². The smallest absolute Gasteiger partial charge is 0.314 e. The number of nitrogens with zero attached hydrogens (tertiary/aromatic N) is 1. The molecule has 2 atom stereocenters. The lowest BCUT2D eigenvalue weighted by Gasteiger charge is -2.43. The van der Waals surface area contributed by atoms with Gasteiger partial charge in [-0.05, 0) is 42.4 Å². The molecule has 1 aromatic carbocycles. The maximum Gasteiger partial charge on any atom is 0.314 e. The van der Waals surface area contributed by atoms with Gasteiger partial charge in [0.25, 0.3) is 0 Å². The van der Waals surface area contributed by atoms with Crippen molar-refractivity contribution in [3.8, 4) is 6.07 Å². The Kier molecular flexibility index (Phi) is 5.27. The van der Waals surface area contributed by atoms with Crippen LogP contribution in [0.4, 0.5) is 4.39 Å². The molecule has 1 aromatic rings. The molecule has 26 heavy (non-hydrogen) atoms. The van der Waals surface area contributed by atoms with Crippen LogP contribution >= 0.6 is 0 Å². The fourth-order valence-corrected chi connectivity index (χ4v) is 4.58. The van der Waals surface area contributed by atoms with Crippen LogP contribution in [0.15, 0.2) is 48.3 Å². The Morgan fingerprint density at radius 1 is 1.31 bits per heavy atom. The average Bonchev–Trinajstić information content (AvgIpc) is 2.68. The van der Waals surface area contributed by atoms with Crippen molar-refractivity contribution in [2.75, 3.05) is 0 Å². The first-order valence-electron chi connectivity index (χ1n) is 9.32. The lowest BCUT2D eigenvalue weighted by molar-refractivity contribution is -0.138. The number of carboxylic acids is 1. The van der Waals surface area contributed by atoms with Crippen LogP contribution in [0.5, 0.6) is 0 Å². The number of carboxylic acid groups (broad SMARTS) is 1. The summed E-state index contributed by atoms with van der Waals surface area (Å²) in [6, 6.07) is 9.30. The van der Waals surface area contributed by atoms with Gasteiger partial charge in [0, 0.05) is 0 Å². The number of nitriles is 1. The molecule has 0 aromatic heterocycles. The van der Waals surface area contributed by atoms with Crippen molar-refractivity contribution >= 4 is 5.97 Å². The highest BCUT2D eigenvalue weighted by Crippen LogP contribution is 2.51. The molecule has 2 unspecified atom stereocenters. The van der Waals surface area contributed by atoms with E-state index in [2.05, 4.69) is 13.0 Å². The van der Waals surface area contributed by atoms with Gasteiger partial charge in [-0.1, -0.05) is 56.5 Å². The molecule has 1 N–H and O–H groups in total. The summed E-state index contributed by atoms with van der Waals surface area (Å²) in [5.41, 5.74) is 0.0696. The number of hydrogen-bond acceptors (Lipinski definition) is 2. The zero-order valence-corrected chi connectivity index (χ0v) is 15.0. The molecular weight excluding hydrogens is 329 g/mol. The predicted octanol–water partition coefficient (Wildman–Crippen LogP) is 5.14. The number of aliphatic carboxylic acids is 1. The molecule has 0 aliphatic heterocycles. The summed E-state index contributed by atoms with van der Waals surface area (Å²) in [7, 11) is 0. The number of hydrogen-bond donors (Lipinski definition) is 1. The number of carbonyl (C=O) groups is 1. The molecule has 4 heteroatoms. The second-order valence-electron chi connectivity index (χ2n) is 7.39. The van der Waals surface area contributed by atoms with Crippen LogP contribution in [0.3, 0.4) is 0 Å². The summed E-state index contributed by atoms with van der Waals surface area (Å²) in [6.45, 7) is 2.18. The summed E-state index contributed by atoms with van der Waals surface area (Å²) < 4.78 is 15.5. The Hall–Kier alpha value is -2.41. The lowest BCUT2D eigenvalue weighted by Crippen LogP contribution is -2.39. The molecule has 0 saturated heterocycles. The van der Waals surface area contributed by atoms with E-state index in [9.17, 15) is 15.2 Å². The van der Waals surface area contributed by atoms with Gasteiger partial charge < -0.3 is 5.11 Å². The zero-order valence-electron chi connectivity index (χ0n) is 15.0. The van der Waals surface area contributed by atoms with Gasteiger partial charge in [0.15, 0.2) is 0 Å². The maximum absolute atomic E-state index is 15.5. The van der Waals surface area contributed by atoms with Crippen LogP contribution in [-0.4, -0.2) is 11.1 Å². The second-order valence-corrected chi connectivity index (χ2v) is 7.39. The van der Waals surface area contributed by atoms with Crippen molar-refractivity contribution < 1.29 is 14.3 Å². The van der Waals surface area contributed by atoms with Crippen LogP contribution in [0.2, 0.25) is 0 Å². The van der Waals surface area contributed by atoms with E-state index in [0.717, 1.165) is 32.1 Å². The molecule has 0 spiro atoms. The molecule has 2 aliphatic rings. The predicted molar refractivity (Wildman–Crippen MR) is 98.0 cm³/mol. The van der Waals surface area contributed by atoms with E-state index < -0.39 is 23.1 Å². The highest BCUT2D eigenvalue weighted by molar-refractivity contribution is 5.75. The summed E-state index contributed by atoms with van der Waals surface area (Å²) in [5.74, 6) is -1.75. The van der Waals surface area contributed by atoms with Crippen molar-refractivity contribution in [1.29, 1.82) is 5.26 Å². The van der Waals surface area contributed by atoms with Crippen molar-refractivity contribution in [1.82, 2.24) is 0 Å². The number of halogens is 1. The molecule has 0 bridgehead atoms. The first-order chi connectivity index (χ1) is 12.5. The minimum Gasteiger partial charge on any atom is -0.481 e. The average molecular weight is 353 g/mol. The Labute approximate surface area is 153 Å². The number of rotatable bonds is 4. The molecule has 0 radical (unpaired) electrons. The van der Waals surface area contributed by atoms with E-state index in [1.54, 1.807) is 24.3 Å². The van der Waals surface area contributed by atoms with E-state index in [1.807, 2.05) is 12.1 Å². The van der Waals surface area contributed by atoms with Crippen molar-refractivity contribution in [2.24, 2.45) is 17.8 Å². The second kappa shape index (κ2) is 7.45. The van der Waals surface area contributed by atoms with Crippen LogP contribution in [-0.2, 0) is 10.2 Å². The van der Waals surface area contributed by atoms with Crippen molar-refractivity contribution in [2.45, 2.75) is 44.4 Å². The van der Waals surface area contributed by atoms with Gasteiger partial charge in [-0.2, -0.15) is 5.26 Å². The molecule has 136 valence electrons. The van der Waals surface area contributed by atoms with Crippen molar-refractivity contribution in [3.05, 3.63) is 59.4 Å². The summed E-state index contributed by atoms with van der Waals surface area (Å²) in [5, 5.41) is 18.8. The standard InChI is InChI=1S/C22H24FNO2/c1-2-15-7-9-18(10-8-15)22(19-6-4-3-5-17(19)14-24)12-11-16(21(25)26)13-20(22)23/h3-6,11-13,15-16,18H,2,7-10H2,1H3,(H,25,26)/t15-,16?,18-,22?. The molecule has 0 heterocycles. The van der Waals surface area contributed by atoms with E-state index in [4.69, 9.17) is 0 Å². The third-order valence-electron chi connectivity index (χ3n) is 6.13. The Balaban J connectivity index is 2.09. The molecule has 0 amide bonds. The first kappa shape index (κ1) is 18.4. The molecule has 1 fully saturated rings. The third kappa shape index (κ3) is 3.07. The van der Waals surface area contributed by atoms with Gasteiger partial charge >= 0.3 is 5.97 Å². The lowest BCUT2D eigenvalue weighted by atomic mass is 9.60. The molecule has 2 aliphatic carbocycles. The Morgan fingerprint density at radius 2 is 2.00 bits per heavy atom. The topological polar surface area (TPSA) is 61.1 Å². The number of benzene rings is 1. The highest BCUT2D eigenvalue weighted by atomic mass is 19.1. The van der Waals surface area contributed by atoms with Gasteiger partial charge in [0.2, 0.25) is 0 Å². The quantitative estimate of drug-likeness (QED) is 0.763. The third-order valence-corrected chi connectivity index (χ3v) is 6.13. The van der Waals surface area contributed by atoms with Gasteiger partial charge in [0.05, 0.1) is 23.0 Å². The van der Waals surface area contributed by atoms with Gasteiger partial charge in [0.1, 0.15) is 5.83 Å². The van der Waals surface area contributed by atoms with Gasteiger partial charge in [-0.15, -0.1) is 0 Å². The number of allylic oxidation sites excluding steroid dienone is 2. The van der Waals surface area contributed by atoms with Crippen LogP contribution < -0.4 is 0 Å². The molecule has 3 nitrogen and oxygen atoms in total. The van der Waals surface area contributed by atoms with Crippen LogP contribution in [0.25, 0.3) is 0 Å². The summed E-state index contributed by atoms with van der Waals surface area (Å²) >= 11 is 0. The van der Waals surface area contributed by atoms with E-state index >= 15 is 4.39 Å². The SMILES string of the molecule is CC[C@H]1CC[C@H](C2(c3ccccc3C#N)C=CC(C(=O)O)C=C2F)CC1. The van der Waals surface area contributed by atoms with Crippen LogP contribution in [0.1, 0.15) is 50.2 Å². The summed E-state index contributed by atoms with van der Waals surface area (Å²) in [4.78, 5) is 11.3. The van der Waals surface area contributed by atoms with E-state index in [0.29, 0.717) is 17.0 Å². The van der Waals surface area contributed by atoms with Crippen LogP contribution in [0, 0.1) is 29.1 Å². The highest BCUT2D eigenvalue weighted by Gasteiger charge is 2.47. The zero-order chi connectivity index (χ0) is 18.7. The normalized spacial score (nSPS) is 31.1. The first-order valence-corrected chi connectivity index (χ1v) is 9.32. The minimum atomic E-state index is -1.06. The van der Waals surface area contributed by atoms with E-state index in [-0.39, 0.29) is 5.92 Å². The van der Waals surface area contributed by atoms with E-state index in [1.165, 1.54) is 6.08 Å². The molecular formula is C22H24FNO2. The summed E-state index contributed by atoms with van der Waals surface area (Å²) in [6.07, 6.45) is 9.47. The monoisotopic (exact) mass is 353 g/mol. The fourth-order valence-electron chi connectivity index (χ4n) is 4.58. The van der Waals surface area contributed by atoms with Crippen molar-refractivity contribution in [3.63, 3.8) is 0 Å². The fraction of sp³-hybridized carbons (Fsp3) is 0.455. The largest absolute Gasteiger partial charge is 0.481 e. The molecule has 1 saturated carbocycles. The minimum absolute atomic E-state index is 0.0297. The Morgan fingerprint density at radius 3 is 2.58 bits per heavy atom. The Bertz CT molecular complexity index is 784. The maximum atomic E-state index is 15.5. The molecule has 3 rings (SSSR count). The van der Waals surface area contributed by atoms with Gasteiger partial charge in [-0.3, -0.25) is 4.79 Å².